The van der Waals surface area contributed by atoms with Gasteiger partial charge < -0.3 is 15.3 Å². The van der Waals surface area contributed by atoms with Gasteiger partial charge in [0.25, 0.3) is 0 Å². The molecule has 3 aliphatic carbocycles. The van der Waals surface area contributed by atoms with Crippen molar-refractivity contribution in [2.45, 2.75) is 110 Å². The summed E-state index contributed by atoms with van der Waals surface area (Å²) in [6, 6.07) is 0. The van der Waals surface area contributed by atoms with Crippen molar-refractivity contribution in [3.8, 4) is 0 Å². The van der Waals surface area contributed by atoms with Crippen LogP contribution in [0.4, 0.5) is 0 Å². The second kappa shape index (κ2) is 14.9. The Bertz CT molecular complexity index is 747. The Morgan fingerprint density at radius 1 is 1.09 bits per heavy atom. The zero-order valence-corrected chi connectivity index (χ0v) is 29.8. The molecule has 0 bridgehead atoms. The van der Waals surface area contributed by atoms with Crippen molar-refractivity contribution in [3.63, 3.8) is 0 Å². The number of hydrogen-bond acceptors (Lipinski definition) is 3. The summed E-state index contributed by atoms with van der Waals surface area (Å²) in [5.74, 6) is 0.607. The molecule has 3 N–H and O–H groups in total. The van der Waals surface area contributed by atoms with Crippen molar-refractivity contribution in [2.75, 3.05) is 0 Å². The molecule has 3 radical (unpaired) electrons. The van der Waals surface area contributed by atoms with Gasteiger partial charge in [-0.1, -0.05) is 47.9 Å². The molecule has 4 atom stereocenters. The molecule has 0 unspecified atom stereocenters. The van der Waals surface area contributed by atoms with Gasteiger partial charge in [-0.05, 0) is 102 Å². The fourth-order valence-corrected chi connectivity index (χ4v) is 6.12. The molecule has 0 amide bonds. The van der Waals surface area contributed by atoms with E-state index in [1.165, 1.54) is 25.7 Å². The fourth-order valence-electron chi connectivity index (χ4n) is 6.12. The third-order valence-electron chi connectivity index (χ3n) is 7.91. The van der Waals surface area contributed by atoms with E-state index in [4.69, 9.17) is 0 Å². The molecule has 177 valence electrons. The smallest absolute Gasteiger partial charge is 0.0809 e. The minimum atomic E-state index is -0.623. The standard InChI is InChI=1S/C27H42O3.3Y/c1-18(8-6-14-26(3,4)30)22-12-13-23-21(9-7-15-27(22,23)5)11-10-20-16-24(28)19(2)25(29)17-20;;;/h10-11,23-25,28-30H,2,6-9,12-17H2,1,3-5H3;;;/b21-11+,22-18+;;;/t23-,24+,25+,27+;;;/m0.../s1. The van der Waals surface area contributed by atoms with Gasteiger partial charge in [-0.15, -0.1) is 0 Å². The van der Waals surface area contributed by atoms with E-state index in [0.717, 1.165) is 31.3 Å². The average molecular weight is 681 g/mol. The molecule has 3 saturated carbocycles. The Morgan fingerprint density at radius 2 is 1.70 bits per heavy atom. The third kappa shape index (κ3) is 9.14. The minimum Gasteiger partial charge on any atom is -0.390 e. The maximum Gasteiger partial charge on any atom is 0.0809 e. The molecule has 0 aromatic carbocycles. The summed E-state index contributed by atoms with van der Waals surface area (Å²) < 4.78 is 0. The Balaban J connectivity index is 0.00000341. The van der Waals surface area contributed by atoms with Crippen LogP contribution < -0.4 is 0 Å². The van der Waals surface area contributed by atoms with E-state index < -0.39 is 17.8 Å². The molecule has 0 aromatic heterocycles. The van der Waals surface area contributed by atoms with Gasteiger partial charge in [-0.25, -0.2) is 0 Å². The number of fused-ring (bicyclic) bond motifs is 1. The van der Waals surface area contributed by atoms with Gasteiger partial charge in [-0.3, -0.25) is 0 Å². The third-order valence-corrected chi connectivity index (χ3v) is 7.91. The van der Waals surface area contributed by atoms with Crippen LogP contribution in [0.1, 0.15) is 91.9 Å². The second-order valence-corrected chi connectivity index (χ2v) is 10.9. The van der Waals surface area contributed by atoms with Crippen LogP contribution in [-0.4, -0.2) is 33.1 Å². The number of allylic oxidation sites excluding steroid dienone is 5. The van der Waals surface area contributed by atoms with Crippen LogP contribution in [0.25, 0.3) is 0 Å². The first-order valence-corrected chi connectivity index (χ1v) is 11.9. The van der Waals surface area contributed by atoms with Crippen molar-refractivity contribution >= 4 is 0 Å². The van der Waals surface area contributed by atoms with Gasteiger partial charge in [0, 0.05) is 98.1 Å². The number of hydrogen-bond donors (Lipinski definition) is 3. The van der Waals surface area contributed by atoms with Crippen LogP contribution in [0, 0.1) is 11.3 Å². The summed E-state index contributed by atoms with van der Waals surface area (Å²) in [4.78, 5) is 0. The Hall–Kier alpha value is 2.15. The van der Waals surface area contributed by atoms with Crippen LogP contribution in [0.5, 0.6) is 0 Å². The van der Waals surface area contributed by atoms with E-state index in [9.17, 15) is 15.3 Å². The predicted molar refractivity (Wildman–Crippen MR) is 124 cm³/mol. The van der Waals surface area contributed by atoms with Gasteiger partial charge >= 0.3 is 0 Å². The summed E-state index contributed by atoms with van der Waals surface area (Å²) in [6.07, 6.45) is 13.5. The summed E-state index contributed by atoms with van der Waals surface area (Å²) in [5.41, 5.74) is 6.12. The van der Waals surface area contributed by atoms with Crippen LogP contribution in [0.15, 0.2) is 46.6 Å². The molecule has 0 spiro atoms. The van der Waals surface area contributed by atoms with Crippen molar-refractivity contribution in [1.29, 1.82) is 0 Å². The van der Waals surface area contributed by atoms with Crippen molar-refractivity contribution in [2.24, 2.45) is 11.3 Å². The average Bonchev–Trinajstić information content (AvgIpc) is 3.00. The Morgan fingerprint density at radius 3 is 2.27 bits per heavy atom. The molecule has 3 fully saturated rings. The number of rotatable bonds is 5. The zero-order valence-electron chi connectivity index (χ0n) is 21.2. The molecule has 3 rings (SSSR count). The molecule has 0 heterocycles. The first kappa shape index (κ1) is 35.2. The molecular weight excluding hydrogens is 639 g/mol. The van der Waals surface area contributed by atoms with Crippen LogP contribution in [0.3, 0.4) is 0 Å². The van der Waals surface area contributed by atoms with E-state index in [1.54, 1.807) is 16.7 Å². The molecule has 0 aromatic rings. The van der Waals surface area contributed by atoms with Crippen LogP contribution in [0.2, 0.25) is 0 Å². The largest absolute Gasteiger partial charge is 0.390 e. The molecule has 3 nitrogen and oxygen atoms in total. The van der Waals surface area contributed by atoms with Gasteiger partial charge in [0.15, 0.2) is 0 Å². The molecule has 6 heteroatoms. The quantitative estimate of drug-likeness (QED) is 0.324. The first-order valence-electron chi connectivity index (χ1n) is 11.9. The zero-order chi connectivity index (χ0) is 22.1. The van der Waals surface area contributed by atoms with E-state index in [0.29, 0.717) is 24.3 Å². The van der Waals surface area contributed by atoms with Crippen molar-refractivity contribution < 1.29 is 113 Å². The maximum absolute atomic E-state index is 10.1. The fraction of sp³-hybridized carbons (Fsp3) is 0.704. The van der Waals surface area contributed by atoms with E-state index in [1.807, 2.05) is 13.8 Å². The maximum atomic E-state index is 10.1. The summed E-state index contributed by atoms with van der Waals surface area (Å²) in [7, 11) is 0. The topological polar surface area (TPSA) is 60.7 Å². The van der Waals surface area contributed by atoms with E-state index in [-0.39, 0.29) is 104 Å². The molecule has 3 aliphatic rings. The van der Waals surface area contributed by atoms with E-state index >= 15 is 0 Å². The normalized spacial score (nSPS) is 32.3. The minimum absolute atomic E-state index is 0. The molecule has 0 saturated heterocycles. The second-order valence-electron chi connectivity index (χ2n) is 10.9. The van der Waals surface area contributed by atoms with Crippen LogP contribution in [-0.2, 0) is 98.1 Å². The molecule has 33 heavy (non-hydrogen) atoms. The van der Waals surface area contributed by atoms with Crippen LogP contribution >= 0.6 is 0 Å². The number of aliphatic hydroxyl groups is 3. The SMILES string of the molecule is C=C1[C@H](O)CC(=C/C=C2\CCC[C@]3(C)/C(=C(\C)CCCC(C)(C)O)CC[C@@H]23)C[C@H]1O.[Y].[Y].[Y]. The Labute approximate surface area is 277 Å². The summed E-state index contributed by atoms with van der Waals surface area (Å²) >= 11 is 0. The molecule has 0 aliphatic heterocycles. The first-order chi connectivity index (χ1) is 14.0. The predicted octanol–water partition coefficient (Wildman–Crippen LogP) is 5.76. The van der Waals surface area contributed by atoms with Gasteiger partial charge in [0.1, 0.15) is 0 Å². The number of aliphatic hydroxyl groups excluding tert-OH is 2. The Kier molecular flexibility index (Phi) is 15.9. The van der Waals surface area contributed by atoms with E-state index in [2.05, 4.69) is 32.6 Å². The van der Waals surface area contributed by atoms with Gasteiger partial charge in [0.2, 0.25) is 0 Å². The molecular formula is C27H42O3Y3. The van der Waals surface area contributed by atoms with Crippen molar-refractivity contribution in [3.05, 3.63) is 46.6 Å². The van der Waals surface area contributed by atoms with Gasteiger partial charge in [-0.2, -0.15) is 0 Å². The van der Waals surface area contributed by atoms with Crippen molar-refractivity contribution in [1.82, 2.24) is 0 Å². The summed E-state index contributed by atoms with van der Waals surface area (Å²) in [5, 5.41) is 30.3. The monoisotopic (exact) mass is 681 g/mol. The van der Waals surface area contributed by atoms with Gasteiger partial charge in [0.05, 0.1) is 17.8 Å². The summed E-state index contributed by atoms with van der Waals surface area (Å²) in [6.45, 7) is 12.4.